The van der Waals surface area contributed by atoms with Crippen molar-refractivity contribution in [2.45, 2.75) is 25.4 Å². The van der Waals surface area contributed by atoms with E-state index in [-0.39, 0.29) is 30.9 Å². The van der Waals surface area contributed by atoms with Crippen molar-refractivity contribution in [2.24, 2.45) is 5.92 Å². The quantitative estimate of drug-likeness (QED) is 0.902. The molecule has 1 N–H and O–H groups in total. The van der Waals surface area contributed by atoms with Gasteiger partial charge in [-0.3, -0.25) is 9.59 Å². The third-order valence-corrected chi connectivity index (χ3v) is 3.80. The molecule has 0 aliphatic carbocycles. The number of carbonyl (C=O) groups is 2. The van der Waals surface area contributed by atoms with Gasteiger partial charge in [0.1, 0.15) is 0 Å². The Morgan fingerprint density at radius 2 is 2.05 bits per heavy atom. The number of nitrogens with zero attached hydrogens (tertiary/aromatic N) is 1. The lowest BCUT2D eigenvalue weighted by molar-refractivity contribution is -0.145. The van der Waals surface area contributed by atoms with Crippen molar-refractivity contribution in [1.29, 1.82) is 0 Å². The van der Waals surface area contributed by atoms with Gasteiger partial charge in [0.15, 0.2) is 0 Å². The number of amides is 1. The molecule has 1 aromatic rings. The highest BCUT2D eigenvalue weighted by Crippen LogP contribution is 2.34. The molecule has 0 bridgehead atoms. The molecule has 1 aromatic carbocycles. The zero-order chi connectivity index (χ0) is 15.2. The summed E-state index contributed by atoms with van der Waals surface area (Å²) >= 11 is 0. The molecule has 2 atom stereocenters. The Balaban J connectivity index is 2.07. The normalized spacial score (nSPS) is 21.8. The molecule has 114 valence electrons. The second-order valence-corrected chi connectivity index (χ2v) is 5.35. The number of ether oxygens (including phenoxy) is 1. The molecule has 1 aliphatic rings. The van der Waals surface area contributed by atoms with Crippen LogP contribution in [0.25, 0.3) is 0 Å². The predicted octanol–water partition coefficient (Wildman–Crippen LogP) is 2.09. The molecule has 0 saturated carbocycles. The first-order valence-corrected chi connectivity index (χ1v) is 7.23. The molecule has 1 saturated heterocycles. The summed E-state index contributed by atoms with van der Waals surface area (Å²) in [5.74, 6) is -1.17. The summed E-state index contributed by atoms with van der Waals surface area (Å²) in [6.07, 6.45) is 1.36. The molecule has 5 heteroatoms. The van der Waals surface area contributed by atoms with E-state index in [1.807, 2.05) is 30.3 Å². The van der Waals surface area contributed by atoms with Crippen molar-refractivity contribution < 1.29 is 19.4 Å². The van der Waals surface area contributed by atoms with Gasteiger partial charge >= 0.3 is 5.97 Å². The van der Waals surface area contributed by atoms with Crippen LogP contribution in [-0.4, -0.2) is 42.1 Å². The van der Waals surface area contributed by atoms with Gasteiger partial charge in [0.25, 0.3) is 0 Å². The zero-order valence-electron chi connectivity index (χ0n) is 12.2. The van der Waals surface area contributed by atoms with E-state index in [4.69, 9.17) is 9.84 Å². The van der Waals surface area contributed by atoms with Crippen molar-refractivity contribution in [3.8, 4) is 0 Å². The van der Waals surface area contributed by atoms with Crippen molar-refractivity contribution in [3.63, 3.8) is 0 Å². The summed E-state index contributed by atoms with van der Waals surface area (Å²) in [5.41, 5.74) is 1.00. The molecule has 2 rings (SSSR count). The number of aliphatic carboxylic acids is 1. The van der Waals surface area contributed by atoms with Crippen LogP contribution in [0.3, 0.4) is 0 Å². The largest absolute Gasteiger partial charge is 0.481 e. The topological polar surface area (TPSA) is 66.8 Å². The van der Waals surface area contributed by atoms with Gasteiger partial charge in [0, 0.05) is 20.2 Å². The van der Waals surface area contributed by atoms with Crippen molar-refractivity contribution in [1.82, 2.24) is 4.90 Å². The minimum absolute atomic E-state index is 0.0359. The van der Waals surface area contributed by atoms with E-state index in [9.17, 15) is 9.59 Å². The van der Waals surface area contributed by atoms with E-state index in [1.165, 1.54) is 4.90 Å². The molecule has 1 amide bonds. The van der Waals surface area contributed by atoms with Gasteiger partial charge in [0.05, 0.1) is 18.4 Å². The van der Waals surface area contributed by atoms with Crippen LogP contribution in [0.2, 0.25) is 0 Å². The van der Waals surface area contributed by atoms with Gasteiger partial charge in [-0.2, -0.15) is 0 Å². The highest BCUT2D eigenvalue weighted by Gasteiger charge is 2.34. The third-order valence-electron chi connectivity index (χ3n) is 3.80. The second-order valence-electron chi connectivity index (χ2n) is 5.35. The van der Waals surface area contributed by atoms with Gasteiger partial charge in [-0.05, 0) is 18.4 Å². The fourth-order valence-corrected chi connectivity index (χ4v) is 2.66. The molecular formula is C16H21NO4. The zero-order valence-corrected chi connectivity index (χ0v) is 12.2. The molecule has 5 nitrogen and oxygen atoms in total. The fourth-order valence-electron chi connectivity index (χ4n) is 2.66. The minimum Gasteiger partial charge on any atom is -0.481 e. The lowest BCUT2D eigenvalue weighted by Crippen LogP contribution is -2.39. The highest BCUT2D eigenvalue weighted by molar-refractivity contribution is 5.80. The van der Waals surface area contributed by atoms with E-state index in [0.29, 0.717) is 6.61 Å². The van der Waals surface area contributed by atoms with E-state index in [0.717, 1.165) is 18.4 Å². The Kier molecular flexibility index (Phi) is 5.33. The van der Waals surface area contributed by atoms with Crippen molar-refractivity contribution in [2.75, 3.05) is 20.2 Å². The first-order valence-electron chi connectivity index (χ1n) is 7.23. The molecule has 1 fully saturated rings. The fraction of sp³-hybridized carbons (Fsp3) is 0.500. The molecule has 0 radical (unpaired) electrons. The number of hydrogen-bond donors (Lipinski definition) is 1. The summed E-state index contributed by atoms with van der Waals surface area (Å²) in [7, 11) is 1.65. The Bertz CT molecular complexity index is 488. The van der Waals surface area contributed by atoms with E-state index in [1.54, 1.807) is 7.05 Å². The van der Waals surface area contributed by atoms with Crippen LogP contribution in [0.15, 0.2) is 30.3 Å². The minimum atomic E-state index is -0.894. The number of carboxylic acid groups (broad SMARTS) is 1. The summed E-state index contributed by atoms with van der Waals surface area (Å²) in [5, 5.41) is 8.72. The Morgan fingerprint density at radius 3 is 2.71 bits per heavy atom. The summed E-state index contributed by atoms with van der Waals surface area (Å²) in [4.78, 5) is 24.7. The first-order chi connectivity index (χ1) is 10.1. The average molecular weight is 291 g/mol. The molecular weight excluding hydrogens is 270 g/mol. The SMILES string of the molecule is CN(CCC(=O)O)C(=O)C1CCCOC1c1ccccc1. The van der Waals surface area contributed by atoms with Crippen LogP contribution in [0.1, 0.15) is 30.9 Å². The average Bonchev–Trinajstić information content (AvgIpc) is 2.52. The number of rotatable bonds is 5. The number of carbonyl (C=O) groups excluding carboxylic acids is 1. The summed E-state index contributed by atoms with van der Waals surface area (Å²) in [6.45, 7) is 0.883. The van der Waals surface area contributed by atoms with Gasteiger partial charge in [0.2, 0.25) is 5.91 Å². The van der Waals surface area contributed by atoms with Crippen LogP contribution >= 0.6 is 0 Å². The molecule has 2 unspecified atom stereocenters. The standard InChI is InChI=1S/C16H21NO4/c1-17(10-9-14(18)19)16(20)13-8-5-11-21-15(13)12-6-3-2-4-7-12/h2-4,6-7,13,15H,5,8-11H2,1H3,(H,18,19). The molecule has 0 spiro atoms. The van der Waals surface area contributed by atoms with Crippen LogP contribution in [0.5, 0.6) is 0 Å². The molecule has 21 heavy (non-hydrogen) atoms. The van der Waals surface area contributed by atoms with Crippen LogP contribution in [0, 0.1) is 5.92 Å². The molecule has 1 aliphatic heterocycles. The lowest BCUT2D eigenvalue weighted by Gasteiger charge is -2.33. The van der Waals surface area contributed by atoms with Gasteiger partial charge in [-0.15, -0.1) is 0 Å². The summed E-state index contributed by atoms with van der Waals surface area (Å²) < 4.78 is 5.81. The maximum absolute atomic E-state index is 12.5. The van der Waals surface area contributed by atoms with Gasteiger partial charge < -0.3 is 14.7 Å². The Morgan fingerprint density at radius 1 is 1.33 bits per heavy atom. The number of carboxylic acids is 1. The van der Waals surface area contributed by atoms with Crippen molar-refractivity contribution in [3.05, 3.63) is 35.9 Å². The van der Waals surface area contributed by atoms with Gasteiger partial charge in [-0.1, -0.05) is 30.3 Å². The highest BCUT2D eigenvalue weighted by atomic mass is 16.5. The number of benzene rings is 1. The van der Waals surface area contributed by atoms with Crippen LogP contribution in [0.4, 0.5) is 0 Å². The monoisotopic (exact) mass is 291 g/mol. The van der Waals surface area contributed by atoms with Crippen molar-refractivity contribution >= 4 is 11.9 Å². The van der Waals surface area contributed by atoms with E-state index in [2.05, 4.69) is 0 Å². The maximum atomic E-state index is 12.5. The third kappa shape index (κ3) is 4.04. The lowest BCUT2D eigenvalue weighted by atomic mass is 9.88. The maximum Gasteiger partial charge on any atom is 0.305 e. The molecule has 0 aromatic heterocycles. The Hall–Kier alpha value is -1.88. The molecule has 1 heterocycles. The number of hydrogen-bond acceptors (Lipinski definition) is 3. The second kappa shape index (κ2) is 7.22. The first kappa shape index (κ1) is 15.5. The van der Waals surface area contributed by atoms with E-state index < -0.39 is 5.97 Å². The van der Waals surface area contributed by atoms with Crippen LogP contribution in [-0.2, 0) is 14.3 Å². The smallest absolute Gasteiger partial charge is 0.305 e. The van der Waals surface area contributed by atoms with E-state index >= 15 is 0 Å². The van der Waals surface area contributed by atoms with Crippen LogP contribution < -0.4 is 0 Å². The van der Waals surface area contributed by atoms with Gasteiger partial charge in [-0.25, -0.2) is 0 Å². The predicted molar refractivity (Wildman–Crippen MR) is 77.7 cm³/mol. The summed E-state index contributed by atoms with van der Waals surface area (Å²) in [6, 6.07) is 9.73. The Labute approximate surface area is 124 Å².